The zero-order valence-electron chi connectivity index (χ0n) is 11.0. The lowest BCUT2D eigenvalue weighted by Crippen LogP contribution is -2.39. The number of hydrogen-bond acceptors (Lipinski definition) is 2. The van der Waals surface area contributed by atoms with Crippen LogP contribution in [0, 0.1) is 0 Å². The smallest absolute Gasteiger partial charge is 0.246 e. The van der Waals surface area contributed by atoms with Crippen LogP contribution in [0.4, 0.5) is 11.4 Å². The van der Waals surface area contributed by atoms with Crippen LogP contribution in [0.1, 0.15) is 33.3 Å². The van der Waals surface area contributed by atoms with Gasteiger partial charge in [0.05, 0.1) is 17.9 Å². The summed E-state index contributed by atoms with van der Waals surface area (Å²) in [7, 11) is 0. The quantitative estimate of drug-likeness (QED) is 0.807. The van der Waals surface area contributed by atoms with Crippen LogP contribution in [-0.2, 0) is 10.2 Å². The van der Waals surface area contributed by atoms with Gasteiger partial charge >= 0.3 is 0 Å². The number of anilines is 2. The molecule has 1 N–H and O–H groups in total. The maximum Gasteiger partial charge on any atom is 0.246 e. The normalized spacial score (nSPS) is 15.5. The Balaban J connectivity index is 2.45. The lowest BCUT2D eigenvalue weighted by Gasteiger charge is -2.31. The molecule has 0 unspecified atom stereocenters. The number of nitrogens with one attached hydrogen (secondary N) is 1. The Labute approximate surface area is 103 Å². The highest BCUT2D eigenvalue weighted by atomic mass is 16.2. The molecule has 1 aliphatic heterocycles. The summed E-state index contributed by atoms with van der Waals surface area (Å²) in [5, 5.41) is 3.20. The Kier molecular flexibility index (Phi) is 2.86. The first-order chi connectivity index (χ1) is 7.93. The lowest BCUT2D eigenvalue weighted by molar-refractivity contribution is -0.117. The standard InChI is InChI=1S/C14H20N2O/c1-5-16-12-7-6-10(14(2,3)4)8-11(12)15-9-13(16)17/h6-8,15H,5,9H2,1-4H3. The number of rotatable bonds is 1. The van der Waals surface area contributed by atoms with Crippen LogP contribution in [0.25, 0.3) is 0 Å². The third-order valence-electron chi connectivity index (χ3n) is 3.20. The molecule has 1 aliphatic rings. The second-order valence-corrected chi connectivity index (χ2v) is 5.47. The monoisotopic (exact) mass is 232 g/mol. The van der Waals surface area contributed by atoms with Crippen LogP contribution in [0.15, 0.2) is 18.2 Å². The molecule has 0 radical (unpaired) electrons. The Bertz CT molecular complexity index is 446. The Morgan fingerprint density at radius 2 is 2.06 bits per heavy atom. The fraction of sp³-hybridized carbons (Fsp3) is 0.500. The van der Waals surface area contributed by atoms with Crippen molar-refractivity contribution < 1.29 is 4.79 Å². The minimum absolute atomic E-state index is 0.134. The van der Waals surface area contributed by atoms with Gasteiger partial charge in [-0.25, -0.2) is 0 Å². The highest BCUT2D eigenvalue weighted by molar-refractivity contribution is 6.02. The second-order valence-electron chi connectivity index (χ2n) is 5.47. The zero-order valence-corrected chi connectivity index (χ0v) is 11.0. The molecule has 1 aromatic carbocycles. The number of benzene rings is 1. The molecule has 0 spiro atoms. The van der Waals surface area contributed by atoms with Crippen LogP contribution in [0.2, 0.25) is 0 Å². The first kappa shape index (κ1) is 12.0. The van der Waals surface area contributed by atoms with Gasteiger partial charge in [0, 0.05) is 6.54 Å². The predicted molar refractivity (Wildman–Crippen MR) is 71.7 cm³/mol. The van der Waals surface area contributed by atoms with E-state index in [9.17, 15) is 4.79 Å². The summed E-state index contributed by atoms with van der Waals surface area (Å²) in [6.07, 6.45) is 0. The van der Waals surface area contributed by atoms with Crippen molar-refractivity contribution in [3.8, 4) is 0 Å². The van der Waals surface area contributed by atoms with Gasteiger partial charge in [0.1, 0.15) is 0 Å². The summed E-state index contributed by atoms with van der Waals surface area (Å²) in [6, 6.07) is 6.32. The van der Waals surface area contributed by atoms with E-state index in [0.717, 1.165) is 17.9 Å². The van der Waals surface area contributed by atoms with E-state index in [0.29, 0.717) is 6.54 Å². The van der Waals surface area contributed by atoms with E-state index < -0.39 is 0 Å². The van der Waals surface area contributed by atoms with Crippen molar-refractivity contribution in [3.63, 3.8) is 0 Å². The topological polar surface area (TPSA) is 32.3 Å². The van der Waals surface area contributed by atoms with Crippen molar-refractivity contribution in [3.05, 3.63) is 23.8 Å². The van der Waals surface area contributed by atoms with Gasteiger partial charge in [-0.15, -0.1) is 0 Å². The number of amides is 1. The first-order valence-electron chi connectivity index (χ1n) is 6.12. The average Bonchev–Trinajstić information content (AvgIpc) is 2.27. The SMILES string of the molecule is CCN1C(=O)CNc2cc(C(C)(C)C)ccc21. The molecule has 1 heterocycles. The van der Waals surface area contributed by atoms with E-state index in [1.165, 1.54) is 5.56 Å². The molecule has 0 saturated carbocycles. The average molecular weight is 232 g/mol. The van der Waals surface area contributed by atoms with E-state index in [1.54, 1.807) is 0 Å². The summed E-state index contributed by atoms with van der Waals surface area (Å²) >= 11 is 0. The van der Waals surface area contributed by atoms with Crippen molar-refractivity contribution in [1.29, 1.82) is 0 Å². The molecule has 0 fully saturated rings. The Hall–Kier alpha value is -1.51. The van der Waals surface area contributed by atoms with Gasteiger partial charge in [-0.05, 0) is 30.0 Å². The molecule has 92 valence electrons. The molecular formula is C14H20N2O. The Morgan fingerprint density at radius 3 is 2.65 bits per heavy atom. The lowest BCUT2D eigenvalue weighted by atomic mass is 9.86. The van der Waals surface area contributed by atoms with Gasteiger partial charge in [0.25, 0.3) is 0 Å². The first-order valence-corrected chi connectivity index (χ1v) is 6.12. The van der Waals surface area contributed by atoms with Gasteiger partial charge in [0.2, 0.25) is 5.91 Å². The van der Waals surface area contributed by atoms with Crippen LogP contribution < -0.4 is 10.2 Å². The van der Waals surface area contributed by atoms with Crippen LogP contribution in [0.5, 0.6) is 0 Å². The van der Waals surface area contributed by atoms with Crippen molar-refractivity contribution in [2.24, 2.45) is 0 Å². The number of fused-ring (bicyclic) bond motifs is 1. The van der Waals surface area contributed by atoms with Crippen molar-refractivity contribution in [1.82, 2.24) is 0 Å². The summed E-state index contributed by atoms with van der Waals surface area (Å²) in [6.45, 7) is 9.71. The van der Waals surface area contributed by atoms with Gasteiger partial charge < -0.3 is 10.2 Å². The molecule has 2 rings (SSSR count). The number of hydrogen-bond donors (Lipinski definition) is 1. The van der Waals surface area contributed by atoms with E-state index in [4.69, 9.17) is 0 Å². The van der Waals surface area contributed by atoms with Crippen LogP contribution in [-0.4, -0.2) is 19.0 Å². The number of carbonyl (C=O) groups excluding carboxylic acids is 1. The molecule has 0 saturated heterocycles. The van der Waals surface area contributed by atoms with Crippen molar-refractivity contribution in [2.75, 3.05) is 23.3 Å². The molecule has 1 aromatic rings. The van der Waals surface area contributed by atoms with Crippen molar-refractivity contribution >= 4 is 17.3 Å². The van der Waals surface area contributed by atoms with E-state index in [2.05, 4.69) is 38.2 Å². The molecular weight excluding hydrogens is 212 g/mol. The summed E-state index contributed by atoms with van der Waals surface area (Å²) in [5.74, 6) is 0.142. The highest BCUT2D eigenvalue weighted by Crippen LogP contribution is 2.34. The molecule has 1 amide bonds. The van der Waals surface area contributed by atoms with Gasteiger partial charge in [0.15, 0.2) is 0 Å². The molecule has 17 heavy (non-hydrogen) atoms. The van der Waals surface area contributed by atoms with Gasteiger partial charge in [-0.2, -0.15) is 0 Å². The second kappa shape index (κ2) is 4.06. The number of likely N-dealkylation sites (N-methyl/N-ethyl adjacent to an activating group) is 1. The zero-order chi connectivity index (χ0) is 12.6. The predicted octanol–water partition coefficient (Wildman–Crippen LogP) is 2.76. The molecule has 3 heteroatoms. The van der Waals surface area contributed by atoms with E-state index >= 15 is 0 Å². The minimum Gasteiger partial charge on any atom is -0.374 e. The fourth-order valence-electron chi connectivity index (χ4n) is 2.13. The van der Waals surface area contributed by atoms with E-state index in [1.807, 2.05) is 17.9 Å². The summed E-state index contributed by atoms with van der Waals surface area (Å²) in [4.78, 5) is 13.6. The third-order valence-corrected chi connectivity index (χ3v) is 3.20. The largest absolute Gasteiger partial charge is 0.374 e. The molecule has 0 bridgehead atoms. The van der Waals surface area contributed by atoms with E-state index in [-0.39, 0.29) is 11.3 Å². The molecule has 0 aliphatic carbocycles. The Morgan fingerprint density at radius 1 is 1.35 bits per heavy atom. The maximum atomic E-state index is 11.7. The van der Waals surface area contributed by atoms with Crippen molar-refractivity contribution in [2.45, 2.75) is 33.1 Å². The van der Waals surface area contributed by atoms with Gasteiger partial charge in [-0.1, -0.05) is 26.8 Å². The molecule has 0 atom stereocenters. The summed E-state index contributed by atoms with van der Waals surface area (Å²) in [5.41, 5.74) is 3.49. The van der Waals surface area contributed by atoms with Crippen LogP contribution in [0.3, 0.4) is 0 Å². The van der Waals surface area contributed by atoms with Gasteiger partial charge in [-0.3, -0.25) is 4.79 Å². The molecule has 0 aromatic heterocycles. The maximum absolute atomic E-state index is 11.7. The third kappa shape index (κ3) is 2.14. The minimum atomic E-state index is 0.134. The number of nitrogens with zero attached hydrogens (tertiary/aromatic N) is 1. The highest BCUT2D eigenvalue weighted by Gasteiger charge is 2.24. The molecule has 3 nitrogen and oxygen atoms in total. The van der Waals surface area contributed by atoms with Crippen LogP contribution >= 0.6 is 0 Å². The fourth-order valence-corrected chi connectivity index (χ4v) is 2.13. The summed E-state index contributed by atoms with van der Waals surface area (Å²) < 4.78 is 0. The number of carbonyl (C=O) groups is 1.